The van der Waals surface area contributed by atoms with Crippen LogP contribution in [0.2, 0.25) is 5.02 Å². The first-order chi connectivity index (χ1) is 9.17. The Morgan fingerprint density at radius 1 is 1.32 bits per heavy atom. The second-order valence-corrected chi connectivity index (χ2v) is 5.61. The van der Waals surface area contributed by atoms with Crippen LogP contribution < -0.4 is 10.1 Å². The molecule has 1 aromatic heterocycles. The molecule has 1 N–H and O–H groups in total. The van der Waals surface area contributed by atoms with Gasteiger partial charge >= 0.3 is 0 Å². The molecule has 0 aliphatic heterocycles. The molecule has 19 heavy (non-hydrogen) atoms. The van der Waals surface area contributed by atoms with E-state index in [1.54, 1.807) is 11.3 Å². The summed E-state index contributed by atoms with van der Waals surface area (Å²) in [5, 5.41) is 6.28. The minimum absolute atomic E-state index is 0.127. The molecule has 0 spiro atoms. The number of ether oxygens (including phenoxy) is 1. The Kier molecular flexibility index (Phi) is 4.86. The summed E-state index contributed by atoms with van der Waals surface area (Å²) in [6.07, 6.45) is 0. The summed E-state index contributed by atoms with van der Waals surface area (Å²) in [5.41, 5.74) is 2.32. The van der Waals surface area contributed by atoms with Gasteiger partial charge in [0.15, 0.2) is 0 Å². The summed E-state index contributed by atoms with van der Waals surface area (Å²) in [6, 6.07) is 8.28. The van der Waals surface area contributed by atoms with Crippen molar-refractivity contribution in [2.45, 2.75) is 19.9 Å². The van der Waals surface area contributed by atoms with Crippen LogP contribution in [0.3, 0.4) is 0 Å². The Labute approximate surface area is 123 Å². The predicted molar refractivity (Wildman–Crippen MR) is 82.6 cm³/mol. The van der Waals surface area contributed by atoms with E-state index in [4.69, 9.17) is 16.3 Å². The van der Waals surface area contributed by atoms with Crippen LogP contribution in [0.5, 0.6) is 5.75 Å². The number of hydrogen-bond donors (Lipinski definition) is 1. The van der Waals surface area contributed by atoms with E-state index in [1.165, 1.54) is 5.56 Å². The van der Waals surface area contributed by atoms with Crippen molar-refractivity contribution in [1.82, 2.24) is 5.32 Å². The highest BCUT2D eigenvalue weighted by atomic mass is 35.5. The van der Waals surface area contributed by atoms with E-state index in [9.17, 15) is 0 Å². The van der Waals surface area contributed by atoms with Crippen molar-refractivity contribution in [3.05, 3.63) is 50.7 Å². The lowest BCUT2D eigenvalue weighted by Crippen LogP contribution is -2.16. The topological polar surface area (TPSA) is 21.3 Å². The minimum atomic E-state index is 0.127. The molecule has 0 amide bonds. The third-order valence-electron chi connectivity index (χ3n) is 3.00. The fraction of sp³-hybridized carbons (Fsp3) is 0.333. The lowest BCUT2D eigenvalue weighted by Gasteiger charge is -2.16. The SMILES string of the molecule is CCOc1ccc(C(NC)c2scc(C)c2Cl)cc1. The summed E-state index contributed by atoms with van der Waals surface area (Å²) >= 11 is 8.05. The average Bonchev–Trinajstić information content (AvgIpc) is 2.74. The molecule has 0 radical (unpaired) electrons. The highest BCUT2D eigenvalue weighted by molar-refractivity contribution is 7.10. The monoisotopic (exact) mass is 295 g/mol. The quantitative estimate of drug-likeness (QED) is 0.882. The lowest BCUT2D eigenvalue weighted by molar-refractivity contribution is 0.340. The summed E-state index contributed by atoms with van der Waals surface area (Å²) in [6.45, 7) is 4.70. The standard InChI is InChI=1S/C15H18ClNOS/c1-4-18-12-7-5-11(6-8-12)14(17-3)15-13(16)10(2)9-19-15/h5-9,14,17H,4H2,1-3H3. The molecular weight excluding hydrogens is 278 g/mol. The van der Waals surface area contributed by atoms with E-state index in [0.717, 1.165) is 21.2 Å². The molecule has 2 rings (SSSR count). The minimum Gasteiger partial charge on any atom is -0.494 e. The molecule has 0 aliphatic rings. The van der Waals surface area contributed by atoms with E-state index in [-0.39, 0.29) is 6.04 Å². The van der Waals surface area contributed by atoms with Crippen LogP contribution in [-0.4, -0.2) is 13.7 Å². The maximum Gasteiger partial charge on any atom is 0.119 e. The zero-order chi connectivity index (χ0) is 13.8. The van der Waals surface area contributed by atoms with E-state index in [1.807, 2.05) is 33.0 Å². The first kappa shape index (κ1) is 14.4. The van der Waals surface area contributed by atoms with Gasteiger partial charge in [-0.25, -0.2) is 0 Å². The number of thiophene rings is 1. The number of aryl methyl sites for hydroxylation is 1. The second-order valence-electron chi connectivity index (χ2n) is 4.32. The van der Waals surface area contributed by atoms with Gasteiger partial charge in [-0.3, -0.25) is 0 Å². The molecule has 1 aromatic carbocycles. The van der Waals surface area contributed by atoms with Gasteiger partial charge < -0.3 is 10.1 Å². The zero-order valence-corrected chi connectivity index (χ0v) is 12.9. The summed E-state index contributed by atoms with van der Waals surface area (Å²) < 4.78 is 5.46. The van der Waals surface area contributed by atoms with Crippen LogP contribution >= 0.6 is 22.9 Å². The molecule has 0 saturated heterocycles. The Hall–Kier alpha value is -1.03. The van der Waals surface area contributed by atoms with Crippen molar-refractivity contribution in [2.24, 2.45) is 0 Å². The van der Waals surface area contributed by atoms with Crippen molar-refractivity contribution >= 4 is 22.9 Å². The van der Waals surface area contributed by atoms with E-state index < -0.39 is 0 Å². The number of nitrogens with one attached hydrogen (secondary N) is 1. The van der Waals surface area contributed by atoms with Gasteiger partial charge in [0.2, 0.25) is 0 Å². The first-order valence-electron chi connectivity index (χ1n) is 6.30. The molecule has 1 heterocycles. The van der Waals surface area contributed by atoms with Gasteiger partial charge in [0.1, 0.15) is 5.75 Å². The molecule has 4 heteroatoms. The average molecular weight is 296 g/mol. The lowest BCUT2D eigenvalue weighted by atomic mass is 10.0. The van der Waals surface area contributed by atoms with Crippen LogP contribution in [0.15, 0.2) is 29.6 Å². The maximum absolute atomic E-state index is 6.36. The molecule has 102 valence electrons. The van der Waals surface area contributed by atoms with Crippen molar-refractivity contribution in [1.29, 1.82) is 0 Å². The molecule has 2 nitrogen and oxygen atoms in total. The smallest absolute Gasteiger partial charge is 0.119 e. The maximum atomic E-state index is 6.36. The van der Waals surface area contributed by atoms with Gasteiger partial charge in [-0.2, -0.15) is 0 Å². The van der Waals surface area contributed by atoms with Gasteiger partial charge in [0.05, 0.1) is 17.7 Å². The Balaban J connectivity index is 2.29. The van der Waals surface area contributed by atoms with E-state index >= 15 is 0 Å². The van der Waals surface area contributed by atoms with Crippen LogP contribution in [0.4, 0.5) is 0 Å². The number of hydrogen-bond acceptors (Lipinski definition) is 3. The Bertz CT molecular complexity index is 536. The van der Waals surface area contributed by atoms with Crippen molar-refractivity contribution in [3.63, 3.8) is 0 Å². The Morgan fingerprint density at radius 2 is 2.00 bits per heavy atom. The van der Waals surface area contributed by atoms with Crippen LogP contribution in [-0.2, 0) is 0 Å². The molecular formula is C15H18ClNOS. The van der Waals surface area contributed by atoms with E-state index in [0.29, 0.717) is 6.61 Å². The van der Waals surface area contributed by atoms with Gasteiger partial charge in [-0.15, -0.1) is 11.3 Å². The van der Waals surface area contributed by atoms with Crippen LogP contribution in [0, 0.1) is 6.92 Å². The van der Waals surface area contributed by atoms with Crippen molar-refractivity contribution in [3.8, 4) is 5.75 Å². The van der Waals surface area contributed by atoms with Gasteiger partial charge in [0, 0.05) is 4.88 Å². The molecule has 0 saturated carbocycles. The zero-order valence-electron chi connectivity index (χ0n) is 11.4. The van der Waals surface area contributed by atoms with Crippen LogP contribution in [0.25, 0.3) is 0 Å². The molecule has 0 bridgehead atoms. The molecule has 0 fully saturated rings. The van der Waals surface area contributed by atoms with Crippen molar-refractivity contribution < 1.29 is 4.74 Å². The summed E-state index contributed by atoms with van der Waals surface area (Å²) in [5.74, 6) is 0.898. The third kappa shape index (κ3) is 3.11. The molecule has 1 atom stereocenters. The Morgan fingerprint density at radius 3 is 2.47 bits per heavy atom. The number of rotatable bonds is 5. The number of halogens is 1. The molecule has 0 aliphatic carbocycles. The second kappa shape index (κ2) is 6.42. The molecule has 2 aromatic rings. The van der Waals surface area contributed by atoms with Crippen molar-refractivity contribution in [2.75, 3.05) is 13.7 Å². The fourth-order valence-corrected chi connectivity index (χ4v) is 3.45. The van der Waals surface area contributed by atoms with Gasteiger partial charge in [-0.05, 0) is 49.5 Å². The number of benzene rings is 1. The van der Waals surface area contributed by atoms with Crippen LogP contribution in [0.1, 0.15) is 29.0 Å². The summed E-state index contributed by atoms with van der Waals surface area (Å²) in [4.78, 5) is 1.16. The van der Waals surface area contributed by atoms with E-state index in [2.05, 4.69) is 22.8 Å². The fourth-order valence-electron chi connectivity index (χ4n) is 2.02. The summed E-state index contributed by atoms with van der Waals surface area (Å²) in [7, 11) is 1.95. The van der Waals surface area contributed by atoms with Gasteiger partial charge in [0.25, 0.3) is 0 Å². The molecule has 1 unspecified atom stereocenters. The largest absolute Gasteiger partial charge is 0.494 e. The highest BCUT2D eigenvalue weighted by Crippen LogP contribution is 2.35. The highest BCUT2D eigenvalue weighted by Gasteiger charge is 2.18. The normalized spacial score (nSPS) is 12.4. The first-order valence-corrected chi connectivity index (χ1v) is 7.56. The van der Waals surface area contributed by atoms with Gasteiger partial charge in [-0.1, -0.05) is 23.7 Å². The third-order valence-corrected chi connectivity index (χ3v) is 4.78. The predicted octanol–water partition coefficient (Wildman–Crippen LogP) is 4.42.